The van der Waals surface area contributed by atoms with Gasteiger partial charge in [0.05, 0.1) is 38.5 Å². The number of hydrogen-bond donors (Lipinski definition) is 2. The maximum absolute atomic E-state index is 13.7. The third-order valence-electron chi connectivity index (χ3n) is 3.55. The molecule has 0 spiro atoms. The number of carbonyl (C=O) groups is 2. The summed E-state index contributed by atoms with van der Waals surface area (Å²) in [6.45, 7) is -0.389. The van der Waals surface area contributed by atoms with E-state index in [-0.39, 0.29) is 17.1 Å². The Morgan fingerprint density at radius 2 is 1.70 bits per heavy atom. The van der Waals surface area contributed by atoms with Gasteiger partial charge in [-0.2, -0.15) is 0 Å². The molecule has 0 heterocycles. The standard InChI is InChI=1S/C18H18ClFN2O5/c1-25-13-7-10(8-14(26-2)17(13)27-3)22-15(23)9-21-18(24)16-11(19)5-4-6-12(16)20/h4-8H,9H2,1-3H3,(H,21,24)(H,22,23). The fourth-order valence-electron chi connectivity index (χ4n) is 2.32. The second-order valence-corrected chi connectivity index (χ2v) is 5.65. The zero-order chi connectivity index (χ0) is 20.0. The normalized spacial score (nSPS) is 10.1. The third kappa shape index (κ3) is 4.79. The molecular weight excluding hydrogens is 379 g/mol. The monoisotopic (exact) mass is 396 g/mol. The van der Waals surface area contributed by atoms with Gasteiger partial charge >= 0.3 is 0 Å². The first-order valence-electron chi connectivity index (χ1n) is 7.73. The molecule has 0 aliphatic heterocycles. The van der Waals surface area contributed by atoms with Crippen LogP contribution in [-0.4, -0.2) is 39.7 Å². The molecule has 0 aliphatic carbocycles. The molecule has 2 aromatic carbocycles. The molecule has 2 rings (SSSR count). The summed E-state index contributed by atoms with van der Waals surface area (Å²) in [7, 11) is 4.35. The SMILES string of the molecule is COc1cc(NC(=O)CNC(=O)c2c(F)cccc2Cl)cc(OC)c1OC. The Morgan fingerprint density at radius 3 is 2.22 bits per heavy atom. The van der Waals surface area contributed by atoms with Crippen LogP contribution < -0.4 is 24.8 Å². The Kier molecular flexibility index (Phi) is 6.84. The van der Waals surface area contributed by atoms with Crippen molar-refractivity contribution in [1.82, 2.24) is 5.32 Å². The fraction of sp³-hybridized carbons (Fsp3) is 0.222. The van der Waals surface area contributed by atoms with Crippen molar-refractivity contribution in [3.8, 4) is 17.2 Å². The highest BCUT2D eigenvalue weighted by atomic mass is 35.5. The first kappa shape index (κ1) is 20.3. The maximum atomic E-state index is 13.7. The Labute approximate surface area is 160 Å². The lowest BCUT2D eigenvalue weighted by Crippen LogP contribution is -2.33. The minimum atomic E-state index is -0.793. The molecule has 0 fully saturated rings. The molecule has 7 nitrogen and oxygen atoms in total. The van der Waals surface area contributed by atoms with Gasteiger partial charge in [0.2, 0.25) is 11.7 Å². The van der Waals surface area contributed by atoms with Crippen LogP contribution in [0.4, 0.5) is 10.1 Å². The second kappa shape index (κ2) is 9.09. The summed E-state index contributed by atoms with van der Waals surface area (Å²) in [5, 5.41) is 4.86. The Hall–Kier alpha value is -3.00. The summed E-state index contributed by atoms with van der Waals surface area (Å²) < 4.78 is 29.3. The summed E-state index contributed by atoms with van der Waals surface area (Å²) in [4.78, 5) is 24.2. The highest BCUT2D eigenvalue weighted by Crippen LogP contribution is 2.39. The van der Waals surface area contributed by atoms with Gasteiger partial charge in [-0.3, -0.25) is 9.59 Å². The van der Waals surface area contributed by atoms with Crippen LogP contribution in [0.2, 0.25) is 5.02 Å². The largest absolute Gasteiger partial charge is 0.493 e. The van der Waals surface area contributed by atoms with E-state index < -0.39 is 17.6 Å². The number of carbonyl (C=O) groups excluding carboxylic acids is 2. The summed E-state index contributed by atoms with van der Waals surface area (Å²) in [6, 6.07) is 6.95. The summed E-state index contributed by atoms with van der Waals surface area (Å²) in [6.07, 6.45) is 0. The van der Waals surface area contributed by atoms with E-state index >= 15 is 0 Å². The van der Waals surface area contributed by atoms with Crippen molar-refractivity contribution in [3.63, 3.8) is 0 Å². The van der Waals surface area contributed by atoms with Crippen LogP contribution in [0.25, 0.3) is 0 Å². The van der Waals surface area contributed by atoms with Crippen molar-refractivity contribution in [2.45, 2.75) is 0 Å². The van der Waals surface area contributed by atoms with Crippen molar-refractivity contribution in [2.24, 2.45) is 0 Å². The lowest BCUT2D eigenvalue weighted by atomic mass is 10.2. The number of hydrogen-bond acceptors (Lipinski definition) is 5. The molecule has 0 bridgehead atoms. The molecule has 0 aromatic heterocycles. The molecule has 2 aromatic rings. The lowest BCUT2D eigenvalue weighted by molar-refractivity contribution is -0.115. The number of ether oxygens (including phenoxy) is 3. The zero-order valence-corrected chi connectivity index (χ0v) is 15.6. The Morgan fingerprint density at radius 1 is 1.07 bits per heavy atom. The fourth-order valence-corrected chi connectivity index (χ4v) is 2.57. The van der Waals surface area contributed by atoms with Crippen LogP contribution in [0.3, 0.4) is 0 Å². The minimum absolute atomic E-state index is 0.0439. The van der Waals surface area contributed by atoms with Crippen molar-refractivity contribution < 1.29 is 28.2 Å². The molecule has 0 unspecified atom stereocenters. The molecule has 0 aliphatic rings. The highest BCUT2D eigenvalue weighted by molar-refractivity contribution is 6.33. The predicted molar refractivity (Wildman–Crippen MR) is 98.5 cm³/mol. The Bertz CT molecular complexity index is 814. The summed E-state index contributed by atoms with van der Waals surface area (Å²) in [5.74, 6) is -1.02. The van der Waals surface area contributed by atoms with Crippen LogP contribution >= 0.6 is 11.6 Å². The van der Waals surface area contributed by atoms with Gasteiger partial charge in [-0.15, -0.1) is 0 Å². The van der Waals surface area contributed by atoms with Crippen molar-refractivity contribution in [1.29, 1.82) is 0 Å². The number of benzene rings is 2. The second-order valence-electron chi connectivity index (χ2n) is 5.24. The van der Waals surface area contributed by atoms with Gasteiger partial charge in [-0.1, -0.05) is 17.7 Å². The van der Waals surface area contributed by atoms with Gasteiger partial charge < -0.3 is 24.8 Å². The molecule has 9 heteroatoms. The molecular formula is C18H18ClFN2O5. The molecule has 0 atom stereocenters. The molecule has 2 N–H and O–H groups in total. The van der Waals surface area contributed by atoms with Crippen LogP contribution in [0.5, 0.6) is 17.2 Å². The summed E-state index contributed by atoms with van der Waals surface area (Å²) in [5.41, 5.74) is 0.0485. The number of anilines is 1. The number of rotatable bonds is 7. The van der Waals surface area contributed by atoms with Crippen molar-refractivity contribution in [2.75, 3.05) is 33.2 Å². The van der Waals surface area contributed by atoms with E-state index in [9.17, 15) is 14.0 Å². The number of amides is 2. The zero-order valence-electron chi connectivity index (χ0n) is 14.9. The van der Waals surface area contributed by atoms with Crippen LogP contribution in [0.1, 0.15) is 10.4 Å². The van der Waals surface area contributed by atoms with E-state index in [0.29, 0.717) is 22.9 Å². The van der Waals surface area contributed by atoms with E-state index in [0.717, 1.165) is 6.07 Å². The van der Waals surface area contributed by atoms with E-state index in [4.69, 9.17) is 25.8 Å². The molecule has 144 valence electrons. The van der Waals surface area contributed by atoms with Gasteiger partial charge in [-0.05, 0) is 12.1 Å². The number of nitrogens with one attached hydrogen (secondary N) is 2. The van der Waals surface area contributed by atoms with E-state index in [1.165, 1.54) is 45.6 Å². The van der Waals surface area contributed by atoms with Gasteiger partial charge in [-0.25, -0.2) is 4.39 Å². The quantitative estimate of drug-likeness (QED) is 0.751. The lowest BCUT2D eigenvalue weighted by Gasteiger charge is -2.15. The third-order valence-corrected chi connectivity index (χ3v) is 3.86. The van der Waals surface area contributed by atoms with Gasteiger partial charge in [0.15, 0.2) is 11.5 Å². The average Bonchev–Trinajstić information content (AvgIpc) is 2.65. The van der Waals surface area contributed by atoms with Crippen molar-refractivity contribution in [3.05, 3.63) is 46.7 Å². The van der Waals surface area contributed by atoms with Gasteiger partial charge in [0, 0.05) is 17.8 Å². The molecule has 2 amide bonds. The predicted octanol–water partition coefficient (Wildman–Crippen LogP) is 2.87. The molecule has 27 heavy (non-hydrogen) atoms. The first-order valence-corrected chi connectivity index (χ1v) is 8.11. The first-order chi connectivity index (χ1) is 12.9. The van der Waals surface area contributed by atoms with Crippen LogP contribution in [0, 0.1) is 5.82 Å². The Balaban J connectivity index is 2.07. The number of methoxy groups -OCH3 is 3. The average molecular weight is 397 g/mol. The topological polar surface area (TPSA) is 85.9 Å². The van der Waals surface area contributed by atoms with Gasteiger partial charge in [0.1, 0.15) is 5.82 Å². The summed E-state index contributed by atoms with van der Waals surface area (Å²) >= 11 is 5.82. The maximum Gasteiger partial charge on any atom is 0.256 e. The minimum Gasteiger partial charge on any atom is -0.493 e. The van der Waals surface area contributed by atoms with E-state index in [2.05, 4.69) is 10.6 Å². The van der Waals surface area contributed by atoms with E-state index in [1.54, 1.807) is 0 Å². The van der Waals surface area contributed by atoms with Crippen LogP contribution in [0.15, 0.2) is 30.3 Å². The van der Waals surface area contributed by atoms with Crippen LogP contribution in [-0.2, 0) is 4.79 Å². The molecule has 0 saturated heterocycles. The molecule has 0 radical (unpaired) electrons. The van der Waals surface area contributed by atoms with E-state index in [1.807, 2.05) is 0 Å². The smallest absolute Gasteiger partial charge is 0.256 e. The van der Waals surface area contributed by atoms with Crippen molar-refractivity contribution >= 4 is 29.1 Å². The number of halogens is 2. The highest BCUT2D eigenvalue weighted by Gasteiger charge is 2.17. The molecule has 0 saturated carbocycles. The van der Waals surface area contributed by atoms with Gasteiger partial charge in [0.25, 0.3) is 5.91 Å².